The number of hydrogen-bond acceptors (Lipinski definition) is 6. The minimum atomic E-state index is -0.524. The van der Waals surface area contributed by atoms with Gasteiger partial charge in [0.05, 0.1) is 11.7 Å². The molecule has 1 rings (SSSR count). The van der Waals surface area contributed by atoms with Gasteiger partial charge in [-0.2, -0.15) is 4.37 Å². The Labute approximate surface area is 100 Å². The van der Waals surface area contributed by atoms with Crippen LogP contribution in [0.1, 0.15) is 20.8 Å². The van der Waals surface area contributed by atoms with Gasteiger partial charge in [0.2, 0.25) is 5.88 Å². The molecular formula is C10H19N3O2S. The molecule has 0 radical (unpaired) electrons. The fraction of sp³-hybridized carbons (Fsp3) is 0.800. The molecule has 0 aliphatic rings. The van der Waals surface area contributed by atoms with Gasteiger partial charge in [0, 0.05) is 13.1 Å². The zero-order chi connectivity index (χ0) is 12.0. The SMILES string of the molecule is CC(C)(C)CNCC(O)COc1cnsn1. The Kier molecular flexibility index (Phi) is 5.11. The van der Waals surface area contributed by atoms with E-state index in [1.807, 2.05) is 0 Å². The molecule has 5 nitrogen and oxygen atoms in total. The van der Waals surface area contributed by atoms with Crippen molar-refractivity contribution in [1.82, 2.24) is 14.1 Å². The van der Waals surface area contributed by atoms with Crippen molar-refractivity contribution in [2.24, 2.45) is 5.41 Å². The third-order valence-corrected chi connectivity index (χ3v) is 2.26. The number of nitrogens with zero attached hydrogens (tertiary/aromatic N) is 2. The van der Waals surface area contributed by atoms with Gasteiger partial charge in [0.25, 0.3) is 0 Å². The molecule has 1 aromatic heterocycles. The highest BCUT2D eigenvalue weighted by atomic mass is 32.1. The highest BCUT2D eigenvalue weighted by Crippen LogP contribution is 2.10. The van der Waals surface area contributed by atoms with Gasteiger partial charge in [-0.15, -0.1) is 4.37 Å². The van der Waals surface area contributed by atoms with Crippen molar-refractivity contribution in [2.75, 3.05) is 19.7 Å². The average molecular weight is 245 g/mol. The minimum Gasteiger partial charge on any atom is -0.473 e. The van der Waals surface area contributed by atoms with Gasteiger partial charge < -0.3 is 15.2 Å². The molecule has 0 amide bonds. The van der Waals surface area contributed by atoms with E-state index in [0.717, 1.165) is 18.3 Å². The summed E-state index contributed by atoms with van der Waals surface area (Å²) < 4.78 is 12.9. The van der Waals surface area contributed by atoms with Crippen molar-refractivity contribution in [2.45, 2.75) is 26.9 Å². The maximum absolute atomic E-state index is 9.61. The highest BCUT2D eigenvalue weighted by Gasteiger charge is 2.11. The maximum Gasteiger partial charge on any atom is 0.245 e. The van der Waals surface area contributed by atoms with E-state index in [4.69, 9.17) is 4.74 Å². The smallest absolute Gasteiger partial charge is 0.245 e. The predicted molar refractivity (Wildman–Crippen MR) is 63.7 cm³/mol. The van der Waals surface area contributed by atoms with Crippen LogP contribution < -0.4 is 10.1 Å². The Bertz CT molecular complexity index is 285. The van der Waals surface area contributed by atoms with Crippen molar-refractivity contribution in [3.63, 3.8) is 0 Å². The predicted octanol–water partition coefficient (Wildman–Crippen LogP) is 0.913. The van der Waals surface area contributed by atoms with E-state index in [1.54, 1.807) is 6.20 Å². The van der Waals surface area contributed by atoms with Crippen LogP contribution in [0.4, 0.5) is 0 Å². The summed E-state index contributed by atoms with van der Waals surface area (Å²) in [4.78, 5) is 0. The summed E-state index contributed by atoms with van der Waals surface area (Å²) in [7, 11) is 0. The van der Waals surface area contributed by atoms with Crippen molar-refractivity contribution < 1.29 is 9.84 Å². The van der Waals surface area contributed by atoms with Crippen LogP contribution in [0, 0.1) is 5.41 Å². The summed E-state index contributed by atoms with van der Waals surface area (Å²) in [6.45, 7) is 8.05. The first-order valence-corrected chi connectivity index (χ1v) is 5.99. The van der Waals surface area contributed by atoms with Crippen LogP contribution in [0.3, 0.4) is 0 Å². The lowest BCUT2D eigenvalue weighted by atomic mass is 9.97. The quantitative estimate of drug-likeness (QED) is 0.780. The van der Waals surface area contributed by atoms with Gasteiger partial charge in [-0.3, -0.25) is 0 Å². The first kappa shape index (κ1) is 13.3. The fourth-order valence-corrected chi connectivity index (χ4v) is 1.44. The van der Waals surface area contributed by atoms with E-state index in [1.165, 1.54) is 0 Å². The van der Waals surface area contributed by atoms with Gasteiger partial charge in [-0.1, -0.05) is 20.8 Å². The summed E-state index contributed by atoms with van der Waals surface area (Å²) in [5.41, 5.74) is 0.222. The number of rotatable bonds is 6. The molecule has 1 aromatic rings. The third kappa shape index (κ3) is 5.99. The van der Waals surface area contributed by atoms with Crippen LogP contribution in [0.15, 0.2) is 6.20 Å². The summed E-state index contributed by atoms with van der Waals surface area (Å²) in [6.07, 6.45) is 1.02. The fourth-order valence-electron chi connectivity index (χ4n) is 1.07. The third-order valence-electron chi connectivity index (χ3n) is 1.80. The molecule has 0 spiro atoms. The first-order valence-electron chi connectivity index (χ1n) is 5.26. The molecule has 0 fully saturated rings. The lowest BCUT2D eigenvalue weighted by molar-refractivity contribution is 0.102. The molecule has 0 bridgehead atoms. The van der Waals surface area contributed by atoms with Crippen LogP contribution in [0.5, 0.6) is 5.88 Å². The van der Waals surface area contributed by atoms with Crippen molar-refractivity contribution in [1.29, 1.82) is 0 Å². The second-order valence-corrected chi connectivity index (χ2v) is 5.46. The molecule has 1 unspecified atom stereocenters. The summed E-state index contributed by atoms with van der Waals surface area (Å²) in [5.74, 6) is 0.472. The van der Waals surface area contributed by atoms with Gasteiger partial charge >= 0.3 is 0 Å². The second kappa shape index (κ2) is 6.12. The zero-order valence-corrected chi connectivity index (χ0v) is 10.8. The standard InChI is InChI=1S/C10H19N3O2S/c1-10(2,3)7-11-4-8(14)6-15-9-5-12-16-13-9/h5,8,11,14H,4,6-7H2,1-3H3. The lowest BCUT2D eigenvalue weighted by Gasteiger charge is -2.20. The monoisotopic (exact) mass is 245 g/mol. The van der Waals surface area contributed by atoms with Crippen LogP contribution in [0.2, 0.25) is 0 Å². The van der Waals surface area contributed by atoms with E-state index in [0.29, 0.717) is 12.4 Å². The molecular weight excluding hydrogens is 226 g/mol. The molecule has 92 valence electrons. The Hall–Kier alpha value is -0.720. The van der Waals surface area contributed by atoms with E-state index in [-0.39, 0.29) is 12.0 Å². The van der Waals surface area contributed by atoms with Gasteiger partial charge in [-0.25, -0.2) is 0 Å². The molecule has 2 N–H and O–H groups in total. The summed E-state index contributed by atoms with van der Waals surface area (Å²) >= 11 is 1.09. The highest BCUT2D eigenvalue weighted by molar-refractivity contribution is 6.99. The summed E-state index contributed by atoms with van der Waals surface area (Å²) in [6, 6.07) is 0. The van der Waals surface area contributed by atoms with E-state index < -0.39 is 6.10 Å². The Balaban J connectivity index is 2.09. The number of ether oxygens (including phenoxy) is 1. The number of aliphatic hydroxyl groups is 1. The molecule has 0 aliphatic heterocycles. The molecule has 1 atom stereocenters. The van der Waals surface area contributed by atoms with Gasteiger partial charge in [-0.05, 0) is 5.41 Å². The minimum absolute atomic E-state index is 0.222. The molecule has 0 aliphatic carbocycles. The second-order valence-electron chi connectivity index (χ2n) is 4.90. The van der Waals surface area contributed by atoms with Crippen LogP contribution in [-0.2, 0) is 0 Å². The maximum atomic E-state index is 9.61. The normalized spacial score (nSPS) is 13.8. The van der Waals surface area contributed by atoms with E-state index in [9.17, 15) is 5.11 Å². The van der Waals surface area contributed by atoms with Crippen LogP contribution in [-0.4, -0.2) is 39.7 Å². The molecule has 16 heavy (non-hydrogen) atoms. The van der Waals surface area contributed by atoms with Crippen LogP contribution >= 0.6 is 11.7 Å². The van der Waals surface area contributed by atoms with Crippen molar-refractivity contribution in [3.05, 3.63) is 6.20 Å². The topological polar surface area (TPSA) is 67.3 Å². The first-order chi connectivity index (χ1) is 7.47. The molecule has 1 heterocycles. The Morgan fingerprint density at radius 3 is 2.88 bits per heavy atom. The summed E-state index contributed by atoms with van der Waals surface area (Å²) in [5, 5.41) is 12.8. The number of aliphatic hydroxyl groups excluding tert-OH is 1. The van der Waals surface area contributed by atoms with Crippen LogP contribution in [0.25, 0.3) is 0 Å². The van der Waals surface area contributed by atoms with Gasteiger partial charge in [0.15, 0.2) is 0 Å². The Morgan fingerprint density at radius 1 is 1.56 bits per heavy atom. The number of nitrogens with one attached hydrogen (secondary N) is 1. The lowest BCUT2D eigenvalue weighted by Crippen LogP contribution is -2.36. The largest absolute Gasteiger partial charge is 0.473 e. The average Bonchev–Trinajstić information content (AvgIpc) is 2.65. The van der Waals surface area contributed by atoms with Gasteiger partial charge in [0.1, 0.15) is 18.9 Å². The van der Waals surface area contributed by atoms with Crippen molar-refractivity contribution in [3.8, 4) is 5.88 Å². The zero-order valence-electron chi connectivity index (χ0n) is 9.93. The molecule has 0 saturated heterocycles. The van der Waals surface area contributed by atoms with E-state index in [2.05, 4.69) is 34.8 Å². The molecule has 0 aromatic carbocycles. The molecule has 6 heteroatoms. The number of aromatic nitrogens is 2. The number of hydrogen-bond donors (Lipinski definition) is 2. The van der Waals surface area contributed by atoms with Crippen molar-refractivity contribution >= 4 is 11.7 Å². The molecule has 0 saturated carbocycles. The van der Waals surface area contributed by atoms with E-state index >= 15 is 0 Å². The Morgan fingerprint density at radius 2 is 2.31 bits per heavy atom.